The van der Waals surface area contributed by atoms with Crippen molar-refractivity contribution in [1.82, 2.24) is 15.5 Å². The number of benzene rings is 2. The molecular weight excluding hydrogens is 503 g/mol. The van der Waals surface area contributed by atoms with Crippen molar-refractivity contribution in [3.05, 3.63) is 59.7 Å². The van der Waals surface area contributed by atoms with Gasteiger partial charge in [-0.2, -0.15) is 0 Å². The van der Waals surface area contributed by atoms with Gasteiger partial charge in [-0.1, -0.05) is 36.4 Å². The monoisotopic (exact) mass is 538 g/mol. The number of hydrogen-bond acceptors (Lipinski definition) is 4. The number of likely N-dealkylation sites (N-methyl/N-ethyl adjacent to an activating group) is 1. The Hall–Kier alpha value is -2.00. The molecule has 1 unspecified atom stereocenters. The number of rotatable bonds is 7. The van der Waals surface area contributed by atoms with Gasteiger partial charge in [0.1, 0.15) is 23.7 Å². The van der Waals surface area contributed by atoms with Crippen LogP contribution in [0, 0.1) is 0 Å². The summed E-state index contributed by atoms with van der Waals surface area (Å²) in [5, 5.41) is 7.02. The van der Waals surface area contributed by atoms with Crippen LogP contribution in [0.25, 0.3) is 0 Å². The highest BCUT2D eigenvalue weighted by molar-refractivity contribution is 14.0. The average molecular weight is 538 g/mol. The zero-order chi connectivity index (χ0) is 21.6. The van der Waals surface area contributed by atoms with Crippen LogP contribution in [0.2, 0.25) is 0 Å². The number of hydrogen-bond donors (Lipinski definition) is 2. The molecule has 0 spiro atoms. The fraction of sp³-hybridized carbons (Fsp3) is 0.458. The molecule has 31 heavy (non-hydrogen) atoms. The minimum Gasteiger partial charge on any atom is -0.492 e. The summed E-state index contributed by atoms with van der Waals surface area (Å²) in [6, 6.07) is 16.5. The summed E-state index contributed by atoms with van der Waals surface area (Å²) in [7, 11) is 5.88. The number of halogens is 1. The Morgan fingerprint density at radius 3 is 2.61 bits per heavy atom. The molecule has 6 nitrogen and oxygen atoms in total. The molecule has 0 aliphatic carbocycles. The lowest BCUT2D eigenvalue weighted by molar-refractivity contribution is 0.0694. The van der Waals surface area contributed by atoms with E-state index in [9.17, 15) is 0 Å². The van der Waals surface area contributed by atoms with E-state index in [2.05, 4.69) is 46.5 Å². The summed E-state index contributed by atoms with van der Waals surface area (Å²) in [5.74, 6) is 2.59. The highest BCUT2D eigenvalue weighted by Gasteiger charge is 2.33. The molecular formula is C24H35IN4O2. The van der Waals surface area contributed by atoms with Crippen LogP contribution in [0.4, 0.5) is 0 Å². The molecule has 0 saturated heterocycles. The van der Waals surface area contributed by atoms with Gasteiger partial charge in [-0.15, -0.1) is 24.0 Å². The first kappa shape index (κ1) is 25.3. The third-order valence-electron chi connectivity index (χ3n) is 5.13. The number of nitrogens with one attached hydrogen (secondary N) is 2. The number of nitrogens with zero attached hydrogens (tertiary/aromatic N) is 2. The number of ether oxygens (including phenoxy) is 2. The fourth-order valence-corrected chi connectivity index (χ4v) is 3.60. The van der Waals surface area contributed by atoms with Crippen molar-refractivity contribution in [2.75, 3.05) is 34.3 Å². The van der Waals surface area contributed by atoms with E-state index in [0.717, 1.165) is 41.6 Å². The summed E-state index contributed by atoms with van der Waals surface area (Å²) in [6.07, 6.45) is 0.856. The van der Waals surface area contributed by atoms with Gasteiger partial charge in [-0.25, -0.2) is 0 Å². The molecule has 7 heteroatoms. The Morgan fingerprint density at radius 2 is 1.87 bits per heavy atom. The maximum Gasteiger partial charge on any atom is 0.191 e. The molecule has 0 amide bonds. The van der Waals surface area contributed by atoms with E-state index in [1.807, 2.05) is 50.5 Å². The predicted molar refractivity (Wildman–Crippen MR) is 138 cm³/mol. The number of para-hydroxylation sites is 2. The Labute approximate surface area is 203 Å². The van der Waals surface area contributed by atoms with Gasteiger partial charge in [-0.05, 0) is 40.1 Å². The van der Waals surface area contributed by atoms with Crippen molar-refractivity contribution in [2.45, 2.75) is 38.5 Å². The third-order valence-corrected chi connectivity index (χ3v) is 5.13. The van der Waals surface area contributed by atoms with Crippen molar-refractivity contribution in [3.63, 3.8) is 0 Å². The van der Waals surface area contributed by atoms with Gasteiger partial charge < -0.3 is 25.0 Å². The van der Waals surface area contributed by atoms with Crippen LogP contribution < -0.4 is 20.1 Å². The van der Waals surface area contributed by atoms with Crippen LogP contribution in [0.15, 0.2) is 53.5 Å². The number of guanidine groups is 1. The lowest BCUT2D eigenvalue weighted by atomic mass is 9.90. The smallest absolute Gasteiger partial charge is 0.191 e. The standard InChI is InChI=1S/C24H34N4O2.HI/c1-24(2)16-20(19-11-7-9-13-22(19)30-24)27-23(25-3)26-17-18-10-6-8-12-21(18)29-15-14-28(4)5;/h6-13,20H,14-17H2,1-5H3,(H2,25,26,27);1H. The van der Waals surface area contributed by atoms with E-state index < -0.39 is 0 Å². The predicted octanol–water partition coefficient (Wildman–Crippen LogP) is 4.21. The molecule has 0 radical (unpaired) electrons. The van der Waals surface area contributed by atoms with E-state index in [1.54, 1.807) is 7.05 Å². The third kappa shape index (κ3) is 7.28. The molecule has 1 atom stereocenters. The van der Waals surface area contributed by atoms with Crippen molar-refractivity contribution in [1.29, 1.82) is 0 Å². The van der Waals surface area contributed by atoms with Gasteiger partial charge in [0.15, 0.2) is 5.96 Å². The topological polar surface area (TPSA) is 58.1 Å². The SMILES string of the molecule is CN=C(NCc1ccccc1OCCN(C)C)NC1CC(C)(C)Oc2ccccc21.I. The van der Waals surface area contributed by atoms with E-state index in [1.165, 1.54) is 0 Å². The summed E-state index contributed by atoms with van der Waals surface area (Å²) >= 11 is 0. The maximum absolute atomic E-state index is 6.14. The summed E-state index contributed by atoms with van der Waals surface area (Å²) < 4.78 is 12.1. The normalized spacial score (nSPS) is 17.2. The molecule has 3 rings (SSSR count). The minimum atomic E-state index is -0.238. The Balaban J connectivity index is 0.00000341. The van der Waals surface area contributed by atoms with E-state index >= 15 is 0 Å². The summed E-state index contributed by atoms with van der Waals surface area (Å²) in [6.45, 7) is 6.41. The molecule has 2 aromatic carbocycles. The fourth-order valence-electron chi connectivity index (χ4n) is 3.60. The number of aliphatic imine (C=N–C) groups is 1. The van der Waals surface area contributed by atoms with Crippen LogP contribution in [-0.2, 0) is 6.54 Å². The molecule has 0 aromatic heterocycles. The molecule has 0 fully saturated rings. The molecule has 0 bridgehead atoms. The van der Waals surface area contributed by atoms with Crippen molar-refractivity contribution < 1.29 is 9.47 Å². The summed E-state index contributed by atoms with van der Waals surface area (Å²) in [5.41, 5.74) is 2.02. The van der Waals surface area contributed by atoms with Crippen LogP contribution >= 0.6 is 24.0 Å². The van der Waals surface area contributed by atoms with E-state index in [0.29, 0.717) is 13.2 Å². The molecule has 2 aromatic rings. The molecule has 1 heterocycles. The number of fused-ring (bicyclic) bond motifs is 1. The molecule has 170 valence electrons. The van der Waals surface area contributed by atoms with E-state index in [4.69, 9.17) is 9.47 Å². The van der Waals surface area contributed by atoms with Crippen molar-refractivity contribution >= 4 is 29.9 Å². The molecule has 0 saturated carbocycles. The second-order valence-electron chi connectivity index (χ2n) is 8.49. The van der Waals surface area contributed by atoms with Gasteiger partial charge in [0.2, 0.25) is 0 Å². The Bertz CT molecular complexity index is 870. The highest BCUT2D eigenvalue weighted by atomic mass is 127. The van der Waals surface area contributed by atoms with Gasteiger partial charge in [0.05, 0.1) is 6.04 Å². The highest BCUT2D eigenvalue weighted by Crippen LogP contribution is 2.39. The lowest BCUT2D eigenvalue weighted by Gasteiger charge is -2.38. The average Bonchev–Trinajstić information content (AvgIpc) is 2.70. The largest absolute Gasteiger partial charge is 0.492 e. The van der Waals surface area contributed by atoms with Crippen LogP contribution in [0.5, 0.6) is 11.5 Å². The van der Waals surface area contributed by atoms with Gasteiger partial charge in [-0.3, -0.25) is 4.99 Å². The first-order chi connectivity index (χ1) is 14.4. The second kappa shape index (κ2) is 11.6. The van der Waals surface area contributed by atoms with Gasteiger partial charge >= 0.3 is 0 Å². The van der Waals surface area contributed by atoms with Gasteiger partial charge in [0, 0.05) is 37.7 Å². The Kier molecular flexibility index (Phi) is 9.43. The van der Waals surface area contributed by atoms with Crippen molar-refractivity contribution in [2.24, 2.45) is 4.99 Å². The Morgan fingerprint density at radius 1 is 1.16 bits per heavy atom. The van der Waals surface area contributed by atoms with Crippen LogP contribution in [0.1, 0.15) is 37.4 Å². The van der Waals surface area contributed by atoms with Crippen LogP contribution in [-0.4, -0.2) is 50.8 Å². The minimum absolute atomic E-state index is 0. The quantitative estimate of drug-likeness (QED) is 0.314. The summed E-state index contributed by atoms with van der Waals surface area (Å²) in [4.78, 5) is 6.55. The maximum atomic E-state index is 6.14. The van der Waals surface area contributed by atoms with Crippen LogP contribution in [0.3, 0.4) is 0 Å². The zero-order valence-electron chi connectivity index (χ0n) is 19.1. The first-order valence-electron chi connectivity index (χ1n) is 10.5. The second-order valence-corrected chi connectivity index (χ2v) is 8.49. The first-order valence-corrected chi connectivity index (χ1v) is 10.5. The van der Waals surface area contributed by atoms with E-state index in [-0.39, 0.29) is 35.6 Å². The molecule has 1 aliphatic rings. The van der Waals surface area contributed by atoms with Gasteiger partial charge in [0.25, 0.3) is 0 Å². The zero-order valence-corrected chi connectivity index (χ0v) is 21.5. The van der Waals surface area contributed by atoms with Crippen molar-refractivity contribution in [3.8, 4) is 11.5 Å². The lowest BCUT2D eigenvalue weighted by Crippen LogP contribution is -2.45. The molecule has 2 N–H and O–H groups in total. The molecule has 1 aliphatic heterocycles.